The van der Waals surface area contributed by atoms with E-state index >= 15 is 0 Å². The Morgan fingerprint density at radius 2 is 2.00 bits per heavy atom. The lowest BCUT2D eigenvalue weighted by molar-refractivity contribution is -0.139. The highest BCUT2D eigenvalue weighted by molar-refractivity contribution is 5.85. The van der Waals surface area contributed by atoms with E-state index in [1.807, 2.05) is 18.7 Å². The molecule has 5 heteroatoms. The minimum absolute atomic E-state index is 0. The number of carbonyl (C=O) groups excluding carboxylic acids is 1. The Balaban J connectivity index is 0.00000162. The van der Waals surface area contributed by atoms with Crippen LogP contribution in [0.2, 0.25) is 0 Å². The smallest absolute Gasteiger partial charge is 0.248 e. The number of nitrogens with zero attached hydrogens (tertiary/aromatic N) is 1. The third-order valence-corrected chi connectivity index (χ3v) is 4.05. The van der Waals surface area contributed by atoms with Crippen LogP contribution in [-0.2, 0) is 9.53 Å². The molecule has 2 saturated heterocycles. The molecule has 2 aliphatic rings. The molecule has 4 nitrogen and oxygen atoms in total. The molecule has 0 aromatic carbocycles. The number of rotatable bonds is 3. The molecule has 0 aromatic rings. The van der Waals surface area contributed by atoms with Crippen LogP contribution in [0.3, 0.4) is 0 Å². The van der Waals surface area contributed by atoms with Gasteiger partial charge in [-0.3, -0.25) is 4.79 Å². The highest BCUT2D eigenvalue weighted by Crippen LogP contribution is 2.36. The van der Waals surface area contributed by atoms with E-state index in [0.29, 0.717) is 5.41 Å². The monoisotopic (exact) mass is 276 g/mol. The summed E-state index contributed by atoms with van der Waals surface area (Å²) >= 11 is 0. The van der Waals surface area contributed by atoms with Gasteiger partial charge in [-0.15, -0.1) is 12.4 Å². The number of nitrogens with one attached hydrogen (secondary N) is 1. The molecule has 1 spiro atoms. The highest BCUT2D eigenvalue weighted by Gasteiger charge is 2.37. The van der Waals surface area contributed by atoms with Crippen molar-refractivity contribution in [2.75, 3.05) is 32.8 Å². The predicted octanol–water partition coefficient (Wildman–Crippen LogP) is 1.44. The van der Waals surface area contributed by atoms with Gasteiger partial charge in [0.15, 0.2) is 0 Å². The van der Waals surface area contributed by atoms with E-state index in [1.54, 1.807) is 0 Å². The van der Waals surface area contributed by atoms with Crippen LogP contribution in [0.15, 0.2) is 0 Å². The first-order valence-corrected chi connectivity index (χ1v) is 6.71. The largest absolute Gasteiger partial charge is 0.369 e. The summed E-state index contributed by atoms with van der Waals surface area (Å²) in [5.74, 6) is 0.152. The van der Waals surface area contributed by atoms with Crippen molar-refractivity contribution in [1.82, 2.24) is 10.2 Å². The fourth-order valence-corrected chi connectivity index (χ4v) is 2.78. The fourth-order valence-electron chi connectivity index (χ4n) is 2.78. The molecule has 1 amide bonds. The van der Waals surface area contributed by atoms with E-state index < -0.39 is 0 Å². The van der Waals surface area contributed by atoms with Gasteiger partial charge in [-0.05, 0) is 45.1 Å². The quantitative estimate of drug-likeness (QED) is 0.848. The zero-order valence-electron chi connectivity index (χ0n) is 11.4. The average Bonchev–Trinajstić information content (AvgIpc) is 2.75. The molecule has 0 unspecified atom stereocenters. The molecule has 106 valence electrons. The summed E-state index contributed by atoms with van der Waals surface area (Å²) < 4.78 is 5.37. The first kappa shape index (κ1) is 15.7. The maximum atomic E-state index is 11.9. The molecule has 0 bridgehead atoms. The fraction of sp³-hybridized carbons (Fsp3) is 0.923. The molecule has 0 aliphatic carbocycles. The maximum Gasteiger partial charge on any atom is 0.248 e. The van der Waals surface area contributed by atoms with Gasteiger partial charge in [0, 0.05) is 19.6 Å². The zero-order chi connectivity index (χ0) is 12.3. The summed E-state index contributed by atoms with van der Waals surface area (Å²) in [6.45, 7) is 8.25. The number of ether oxygens (including phenoxy) is 1. The second kappa shape index (κ2) is 6.73. The van der Waals surface area contributed by atoms with Crippen LogP contribution in [-0.4, -0.2) is 49.7 Å². The van der Waals surface area contributed by atoms with Crippen molar-refractivity contribution < 1.29 is 9.53 Å². The highest BCUT2D eigenvalue weighted by atomic mass is 35.5. The molecular weight excluding hydrogens is 252 g/mol. The Hall–Kier alpha value is -0.320. The van der Waals surface area contributed by atoms with Crippen molar-refractivity contribution in [2.45, 2.75) is 39.2 Å². The van der Waals surface area contributed by atoms with Crippen LogP contribution >= 0.6 is 12.4 Å². The summed E-state index contributed by atoms with van der Waals surface area (Å²) in [7, 11) is 0. The molecule has 2 heterocycles. The molecular formula is C13H25ClN2O2. The van der Waals surface area contributed by atoms with E-state index in [0.717, 1.165) is 39.0 Å². The molecule has 2 aliphatic heterocycles. The SMILES string of the molecule is CC(C)OCC(=O)N1CCC2(CCNC2)CC1.Cl. The third kappa shape index (κ3) is 3.84. The van der Waals surface area contributed by atoms with Gasteiger partial charge in [0.1, 0.15) is 6.61 Å². The van der Waals surface area contributed by atoms with Crippen molar-refractivity contribution in [2.24, 2.45) is 5.41 Å². The number of hydrogen-bond donors (Lipinski definition) is 1. The standard InChI is InChI=1S/C13H24N2O2.ClH/c1-11(2)17-9-12(16)15-7-4-13(5-8-15)3-6-14-10-13;/h11,14H,3-10H2,1-2H3;1H. The predicted molar refractivity (Wildman–Crippen MR) is 74.1 cm³/mol. The molecule has 2 rings (SSSR count). The second-order valence-electron chi connectivity index (χ2n) is 5.67. The van der Waals surface area contributed by atoms with E-state index in [-0.39, 0.29) is 31.0 Å². The first-order valence-electron chi connectivity index (χ1n) is 6.71. The summed E-state index contributed by atoms with van der Waals surface area (Å²) in [6.07, 6.45) is 3.70. The van der Waals surface area contributed by atoms with Gasteiger partial charge in [-0.1, -0.05) is 0 Å². The van der Waals surface area contributed by atoms with Gasteiger partial charge in [-0.2, -0.15) is 0 Å². The van der Waals surface area contributed by atoms with Gasteiger partial charge < -0.3 is 15.0 Å². The minimum atomic E-state index is 0. The van der Waals surface area contributed by atoms with E-state index in [1.165, 1.54) is 6.42 Å². The molecule has 2 fully saturated rings. The van der Waals surface area contributed by atoms with Gasteiger partial charge >= 0.3 is 0 Å². The number of amides is 1. The van der Waals surface area contributed by atoms with E-state index in [9.17, 15) is 4.79 Å². The van der Waals surface area contributed by atoms with Crippen LogP contribution in [0.1, 0.15) is 33.1 Å². The Kier molecular flexibility index (Phi) is 5.89. The maximum absolute atomic E-state index is 11.9. The molecule has 0 radical (unpaired) electrons. The Morgan fingerprint density at radius 1 is 1.33 bits per heavy atom. The van der Waals surface area contributed by atoms with Gasteiger partial charge in [-0.25, -0.2) is 0 Å². The normalized spacial score (nSPS) is 22.3. The van der Waals surface area contributed by atoms with Crippen LogP contribution in [0, 0.1) is 5.41 Å². The summed E-state index contributed by atoms with van der Waals surface area (Å²) in [5, 5.41) is 3.44. The summed E-state index contributed by atoms with van der Waals surface area (Å²) in [5.41, 5.74) is 0.482. The topological polar surface area (TPSA) is 41.6 Å². The first-order chi connectivity index (χ1) is 8.11. The van der Waals surface area contributed by atoms with Crippen LogP contribution in [0.25, 0.3) is 0 Å². The number of hydrogen-bond acceptors (Lipinski definition) is 3. The van der Waals surface area contributed by atoms with E-state index in [4.69, 9.17) is 4.74 Å². The van der Waals surface area contributed by atoms with Gasteiger partial charge in [0.05, 0.1) is 6.10 Å². The van der Waals surface area contributed by atoms with Crippen molar-refractivity contribution in [3.05, 3.63) is 0 Å². The molecule has 0 saturated carbocycles. The average molecular weight is 277 g/mol. The molecule has 0 aromatic heterocycles. The van der Waals surface area contributed by atoms with Crippen molar-refractivity contribution in [3.8, 4) is 0 Å². The van der Waals surface area contributed by atoms with Crippen molar-refractivity contribution in [1.29, 1.82) is 0 Å². The number of piperidine rings is 1. The summed E-state index contributed by atoms with van der Waals surface area (Å²) in [4.78, 5) is 13.9. The summed E-state index contributed by atoms with van der Waals surface area (Å²) in [6, 6.07) is 0. The second-order valence-corrected chi connectivity index (χ2v) is 5.67. The third-order valence-electron chi connectivity index (χ3n) is 4.05. The van der Waals surface area contributed by atoms with Crippen LogP contribution in [0.4, 0.5) is 0 Å². The lowest BCUT2D eigenvalue weighted by Gasteiger charge is -2.38. The van der Waals surface area contributed by atoms with Crippen LogP contribution in [0.5, 0.6) is 0 Å². The van der Waals surface area contributed by atoms with Crippen molar-refractivity contribution >= 4 is 18.3 Å². The lowest BCUT2D eigenvalue weighted by atomic mass is 9.78. The number of likely N-dealkylation sites (tertiary alicyclic amines) is 1. The molecule has 0 atom stereocenters. The minimum Gasteiger partial charge on any atom is -0.369 e. The van der Waals surface area contributed by atoms with Crippen LogP contribution < -0.4 is 5.32 Å². The Labute approximate surface area is 116 Å². The Morgan fingerprint density at radius 3 is 2.50 bits per heavy atom. The molecule has 18 heavy (non-hydrogen) atoms. The zero-order valence-corrected chi connectivity index (χ0v) is 12.2. The van der Waals surface area contributed by atoms with Gasteiger partial charge in [0.2, 0.25) is 5.91 Å². The van der Waals surface area contributed by atoms with Gasteiger partial charge in [0.25, 0.3) is 0 Å². The lowest BCUT2D eigenvalue weighted by Crippen LogP contribution is -2.45. The number of carbonyl (C=O) groups is 1. The van der Waals surface area contributed by atoms with E-state index in [2.05, 4.69) is 5.32 Å². The number of halogens is 1. The van der Waals surface area contributed by atoms with Crippen molar-refractivity contribution in [3.63, 3.8) is 0 Å². The Bertz CT molecular complexity index is 268. The molecule has 1 N–H and O–H groups in total.